The van der Waals surface area contributed by atoms with Gasteiger partial charge in [-0.05, 0) is 55.4 Å². The molecule has 0 unspecified atom stereocenters. The number of alkyl carbamates (subject to hydrolysis) is 1. The third-order valence-electron chi connectivity index (χ3n) is 6.93. The molecule has 4 rings (SSSR count). The summed E-state index contributed by atoms with van der Waals surface area (Å²) in [5.74, 6) is -1.42. The normalized spacial score (nSPS) is 19.2. The predicted molar refractivity (Wildman–Crippen MR) is 128 cm³/mol. The first-order valence-corrected chi connectivity index (χ1v) is 11.9. The van der Waals surface area contributed by atoms with Crippen LogP contribution in [0.5, 0.6) is 0 Å². The molecule has 3 N–H and O–H groups in total. The van der Waals surface area contributed by atoms with E-state index in [1.807, 2.05) is 38.1 Å². The van der Waals surface area contributed by atoms with E-state index in [0.717, 1.165) is 17.5 Å². The topological polar surface area (TPSA) is 105 Å². The fourth-order valence-corrected chi connectivity index (χ4v) is 5.15. The molecule has 7 nitrogen and oxygen atoms in total. The number of carboxylic acids is 1. The number of nitrogens with one attached hydrogen (secondary N) is 2. The van der Waals surface area contributed by atoms with Gasteiger partial charge in [-0.25, -0.2) is 4.79 Å². The maximum atomic E-state index is 12.9. The third-order valence-corrected chi connectivity index (χ3v) is 6.93. The molecule has 0 bridgehead atoms. The number of carbonyl (C=O) groups excluding carboxylic acids is 2. The summed E-state index contributed by atoms with van der Waals surface area (Å²) in [5, 5.41) is 14.8. The van der Waals surface area contributed by atoms with Crippen LogP contribution in [0.15, 0.2) is 48.5 Å². The molecule has 7 heteroatoms. The Bertz CT molecular complexity index is 1030. The summed E-state index contributed by atoms with van der Waals surface area (Å²) in [7, 11) is 0. The predicted octanol–water partition coefficient (Wildman–Crippen LogP) is 4.45. The number of carboxylic acid groups (broad SMARTS) is 1. The standard InChI is InChI=1S/C27H32N2O5/c1-27(2,15-14-24(30)31)29-25(32)21-12-7-13-23(21)28-26(33)34-16-22-19-10-5-3-8-17(19)18-9-4-6-11-20(18)22/h3-6,8-11,21-23H,7,12-16H2,1-2H3,(H,28,33)(H,29,32)(H,30,31)/t21-,23+/m0/s1. The van der Waals surface area contributed by atoms with Gasteiger partial charge in [-0.3, -0.25) is 9.59 Å². The summed E-state index contributed by atoms with van der Waals surface area (Å²) in [5.41, 5.74) is 4.01. The average molecular weight is 465 g/mol. The second-order valence-corrected chi connectivity index (χ2v) is 9.88. The lowest BCUT2D eigenvalue weighted by Gasteiger charge is -2.29. The van der Waals surface area contributed by atoms with E-state index in [4.69, 9.17) is 9.84 Å². The number of amides is 2. The lowest BCUT2D eigenvalue weighted by Crippen LogP contribution is -2.50. The van der Waals surface area contributed by atoms with Crippen LogP contribution in [0.25, 0.3) is 11.1 Å². The van der Waals surface area contributed by atoms with Gasteiger partial charge in [-0.2, -0.15) is 0 Å². The van der Waals surface area contributed by atoms with Crippen LogP contribution in [0.2, 0.25) is 0 Å². The van der Waals surface area contributed by atoms with Crippen molar-refractivity contribution in [3.63, 3.8) is 0 Å². The highest BCUT2D eigenvalue weighted by Crippen LogP contribution is 2.44. The molecule has 34 heavy (non-hydrogen) atoms. The first kappa shape index (κ1) is 23.8. The van der Waals surface area contributed by atoms with Crippen molar-refractivity contribution < 1.29 is 24.2 Å². The van der Waals surface area contributed by atoms with Crippen molar-refractivity contribution in [1.29, 1.82) is 0 Å². The summed E-state index contributed by atoms with van der Waals surface area (Å²) < 4.78 is 5.65. The number of hydrogen-bond donors (Lipinski definition) is 3. The molecule has 1 saturated carbocycles. The molecule has 2 amide bonds. The Labute approximate surface area is 199 Å². The minimum atomic E-state index is -0.891. The van der Waals surface area contributed by atoms with Gasteiger partial charge in [0.2, 0.25) is 5.91 Å². The molecule has 2 aliphatic carbocycles. The zero-order chi connectivity index (χ0) is 24.3. The van der Waals surface area contributed by atoms with Gasteiger partial charge in [-0.15, -0.1) is 0 Å². The molecule has 180 valence electrons. The first-order chi connectivity index (χ1) is 16.2. The molecular weight excluding hydrogens is 432 g/mol. The SMILES string of the molecule is CC(C)(CCC(=O)O)NC(=O)[C@H]1CCC[C@H]1NC(=O)OCC1c2ccccc2-c2ccccc21. The minimum Gasteiger partial charge on any atom is -0.481 e. The lowest BCUT2D eigenvalue weighted by atomic mass is 9.95. The maximum absolute atomic E-state index is 12.9. The molecule has 1 fully saturated rings. The van der Waals surface area contributed by atoms with Gasteiger partial charge in [-0.1, -0.05) is 55.0 Å². The molecular formula is C27H32N2O5. The molecule has 2 aromatic rings. The Morgan fingerprint density at radius 2 is 1.62 bits per heavy atom. The number of rotatable bonds is 8. The summed E-state index contributed by atoms with van der Waals surface area (Å²) in [4.78, 5) is 36.4. The molecule has 0 spiro atoms. The van der Waals surface area contributed by atoms with Crippen LogP contribution in [0.4, 0.5) is 4.79 Å². The van der Waals surface area contributed by atoms with Crippen molar-refractivity contribution in [1.82, 2.24) is 10.6 Å². The zero-order valence-electron chi connectivity index (χ0n) is 19.7. The quantitative estimate of drug-likeness (QED) is 0.535. The molecule has 0 heterocycles. The molecule has 0 aliphatic heterocycles. The van der Waals surface area contributed by atoms with Gasteiger partial charge < -0.3 is 20.5 Å². The first-order valence-electron chi connectivity index (χ1n) is 11.9. The molecule has 2 aromatic carbocycles. The Morgan fingerprint density at radius 3 is 2.24 bits per heavy atom. The number of aliphatic carboxylic acids is 1. The lowest BCUT2D eigenvalue weighted by molar-refractivity contribution is -0.138. The summed E-state index contributed by atoms with van der Waals surface area (Å²) in [6.45, 7) is 3.86. The van der Waals surface area contributed by atoms with Gasteiger partial charge >= 0.3 is 12.1 Å². The van der Waals surface area contributed by atoms with Gasteiger partial charge in [0.25, 0.3) is 0 Å². The summed E-state index contributed by atoms with van der Waals surface area (Å²) in [6, 6.07) is 16.1. The van der Waals surface area contributed by atoms with Gasteiger partial charge in [0.1, 0.15) is 6.61 Å². The van der Waals surface area contributed by atoms with E-state index in [0.29, 0.717) is 19.3 Å². The van der Waals surface area contributed by atoms with E-state index < -0.39 is 17.6 Å². The Morgan fingerprint density at radius 1 is 1.00 bits per heavy atom. The van der Waals surface area contributed by atoms with Crippen LogP contribution in [0.3, 0.4) is 0 Å². The van der Waals surface area contributed by atoms with Gasteiger partial charge in [0.15, 0.2) is 0 Å². The van der Waals surface area contributed by atoms with E-state index in [1.165, 1.54) is 11.1 Å². The van der Waals surface area contributed by atoms with Crippen molar-refractivity contribution in [3.8, 4) is 11.1 Å². The van der Waals surface area contributed by atoms with Crippen molar-refractivity contribution in [2.75, 3.05) is 6.61 Å². The maximum Gasteiger partial charge on any atom is 0.407 e. The van der Waals surface area contributed by atoms with Crippen molar-refractivity contribution in [2.24, 2.45) is 5.92 Å². The molecule has 0 radical (unpaired) electrons. The minimum absolute atomic E-state index is 0.0145. The van der Waals surface area contributed by atoms with Crippen molar-refractivity contribution >= 4 is 18.0 Å². The number of hydrogen-bond acceptors (Lipinski definition) is 4. The third kappa shape index (κ3) is 5.24. The van der Waals surface area contributed by atoms with Gasteiger partial charge in [0.05, 0.1) is 5.92 Å². The average Bonchev–Trinajstić information content (AvgIpc) is 3.39. The van der Waals surface area contributed by atoms with E-state index in [-0.39, 0.29) is 36.8 Å². The summed E-state index contributed by atoms with van der Waals surface area (Å²) >= 11 is 0. The van der Waals surface area contributed by atoms with Crippen molar-refractivity contribution in [2.45, 2.75) is 63.5 Å². The highest BCUT2D eigenvalue weighted by molar-refractivity contribution is 5.82. The van der Waals surface area contributed by atoms with E-state index in [1.54, 1.807) is 0 Å². The largest absolute Gasteiger partial charge is 0.481 e. The number of carbonyl (C=O) groups is 3. The van der Waals surface area contributed by atoms with Crippen LogP contribution in [-0.2, 0) is 14.3 Å². The van der Waals surface area contributed by atoms with Crippen LogP contribution in [0, 0.1) is 5.92 Å². The Balaban J connectivity index is 1.34. The van der Waals surface area contributed by atoms with E-state index >= 15 is 0 Å². The molecule has 0 saturated heterocycles. The summed E-state index contributed by atoms with van der Waals surface area (Å²) in [6.07, 6.45) is 2.02. The molecule has 0 aromatic heterocycles. The van der Waals surface area contributed by atoms with Gasteiger partial charge in [0, 0.05) is 23.9 Å². The monoisotopic (exact) mass is 464 g/mol. The highest BCUT2D eigenvalue weighted by atomic mass is 16.5. The van der Waals surface area contributed by atoms with Crippen LogP contribution in [-0.4, -0.2) is 41.3 Å². The van der Waals surface area contributed by atoms with Crippen molar-refractivity contribution in [3.05, 3.63) is 59.7 Å². The van der Waals surface area contributed by atoms with E-state index in [2.05, 4.69) is 34.9 Å². The Kier molecular flexibility index (Phi) is 6.91. The second kappa shape index (κ2) is 9.87. The number of benzene rings is 2. The second-order valence-electron chi connectivity index (χ2n) is 9.88. The van der Waals surface area contributed by atoms with Crippen LogP contribution in [0.1, 0.15) is 63.0 Å². The fraction of sp³-hybridized carbons (Fsp3) is 0.444. The fourth-order valence-electron chi connectivity index (χ4n) is 5.15. The number of ether oxygens (including phenoxy) is 1. The Hall–Kier alpha value is -3.35. The van der Waals surface area contributed by atoms with Crippen LogP contribution >= 0.6 is 0 Å². The van der Waals surface area contributed by atoms with E-state index in [9.17, 15) is 14.4 Å². The number of fused-ring (bicyclic) bond motifs is 3. The smallest absolute Gasteiger partial charge is 0.407 e. The zero-order valence-corrected chi connectivity index (χ0v) is 19.7. The molecule has 2 atom stereocenters. The molecule has 2 aliphatic rings. The van der Waals surface area contributed by atoms with Crippen LogP contribution < -0.4 is 10.6 Å². The highest BCUT2D eigenvalue weighted by Gasteiger charge is 2.37.